The summed E-state index contributed by atoms with van der Waals surface area (Å²) >= 11 is 0. The number of hydrogen-bond donors (Lipinski definition) is 2. The molecule has 1 aliphatic carbocycles. The molecule has 2 N–H and O–H groups in total. The molecule has 0 unspecified atom stereocenters. The number of hydrogen-bond acceptors (Lipinski definition) is 3. The highest BCUT2D eigenvalue weighted by atomic mass is 19.1. The van der Waals surface area contributed by atoms with Gasteiger partial charge in [0.15, 0.2) is 0 Å². The van der Waals surface area contributed by atoms with E-state index in [-0.39, 0.29) is 17.9 Å². The van der Waals surface area contributed by atoms with Gasteiger partial charge in [-0.3, -0.25) is 0 Å². The first-order valence-corrected chi connectivity index (χ1v) is 7.25. The average molecular weight is 294 g/mol. The number of aryl methyl sites for hydroxylation is 1. The van der Waals surface area contributed by atoms with E-state index in [1.54, 1.807) is 6.07 Å². The molecule has 0 aliphatic heterocycles. The summed E-state index contributed by atoms with van der Waals surface area (Å²) in [6.07, 6.45) is 1.14. The van der Waals surface area contributed by atoms with Crippen LogP contribution in [0, 0.1) is 12.7 Å². The lowest BCUT2D eigenvalue weighted by Crippen LogP contribution is -2.50. The number of ether oxygens (including phenoxy) is 1. The van der Waals surface area contributed by atoms with Gasteiger partial charge in [0.25, 0.3) is 0 Å². The van der Waals surface area contributed by atoms with E-state index >= 15 is 0 Å². The monoisotopic (exact) mass is 294 g/mol. The van der Waals surface area contributed by atoms with Crippen LogP contribution in [-0.4, -0.2) is 23.8 Å². The Morgan fingerprint density at radius 2 is 1.95 bits per heavy atom. The van der Waals surface area contributed by atoms with Gasteiger partial charge in [0.05, 0.1) is 5.69 Å². The van der Waals surface area contributed by atoms with E-state index < -0.39 is 11.7 Å². The van der Waals surface area contributed by atoms with Crippen molar-refractivity contribution >= 4 is 11.8 Å². The lowest BCUT2D eigenvalue weighted by molar-refractivity contribution is 0.0475. The van der Waals surface area contributed by atoms with Crippen LogP contribution in [0.25, 0.3) is 0 Å². The van der Waals surface area contributed by atoms with Crippen molar-refractivity contribution in [3.63, 3.8) is 0 Å². The predicted molar refractivity (Wildman–Crippen MR) is 80.9 cm³/mol. The summed E-state index contributed by atoms with van der Waals surface area (Å²) in [5.74, 6) is -0.237. The highest BCUT2D eigenvalue weighted by Crippen LogP contribution is 2.26. The van der Waals surface area contributed by atoms with Crippen LogP contribution in [-0.2, 0) is 4.74 Å². The van der Waals surface area contributed by atoms with Crippen LogP contribution in [0.2, 0.25) is 0 Å². The maximum Gasteiger partial charge on any atom is 0.407 e. The number of rotatable bonds is 3. The molecule has 1 amide bonds. The normalized spacial score (nSPS) is 21.4. The smallest absolute Gasteiger partial charge is 0.407 e. The number of benzene rings is 1. The molecule has 21 heavy (non-hydrogen) atoms. The van der Waals surface area contributed by atoms with Crippen molar-refractivity contribution in [2.45, 2.75) is 58.2 Å². The summed E-state index contributed by atoms with van der Waals surface area (Å²) in [5, 5.41) is 5.98. The van der Waals surface area contributed by atoms with E-state index in [4.69, 9.17) is 4.74 Å². The van der Waals surface area contributed by atoms with Crippen LogP contribution >= 0.6 is 0 Å². The third-order valence-electron chi connectivity index (χ3n) is 3.34. The second-order valence-electron chi connectivity index (χ2n) is 6.64. The summed E-state index contributed by atoms with van der Waals surface area (Å²) in [5.41, 5.74) is 0.925. The molecule has 116 valence electrons. The molecule has 1 aromatic rings. The fourth-order valence-corrected chi connectivity index (χ4v) is 2.28. The number of amides is 1. The van der Waals surface area contributed by atoms with Gasteiger partial charge in [-0.25, -0.2) is 9.18 Å². The van der Waals surface area contributed by atoms with Gasteiger partial charge < -0.3 is 15.4 Å². The molecular formula is C16H23FN2O2. The molecule has 1 saturated carbocycles. The van der Waals surface area contributed by atoms with Gasteiger partial charge in [-0.1, -0.05) is 6.07 Å². The lowest BCUT2D eigenvalue weighted by atomic mass is 9.86. The van der Waals surface area contributed by atoms with Gasteiger partial charge in [0.2, 0.25) is 0 Å². The number of alkyl carbamates (subject to hydrolysis) is 1. The maximum atomic E-state index is 13.7. The molecule has 4 nitrogen and oxygen atoms in total. The van der Waals surface area contributed by atoms with Crippen LogP contribution in [0.15, 0.2) is 18.2 Å². The molecule has 0 aromatic heterocycles. The minimum atomic E-state index is -0.490. The fourth-order valence-electron chi connectivity index (χ4n) is 2.28. The van der Waals surface area contributed by atoms with Crippen molar-refractivity contribution in [2.75, 3.05) is 5.32 Å². The van der Waals surface area contributed by atoms with E-state index in [0.29, 0.717) is 5.69 Å². The molecular weight excluding hydrogens is 271 g/mol. The molecule has 0 saturated heterocycles. The van der Waals surface area contributed by atoms with Crippen molar-refractivity contribution in [2.24, 2.45) is 0 Å². The molecule has 0 spiro atoms. The first-order valence-electron chi connectivity index (χ1n) is 7.25. The second-order valence-corrected chi connectivity index (χ2v) is 6.64. The molecule has 0 heterocycles. The molecule has 0 bridgehead atoms. The topological polar surface area (TPSA) is 50.4 Å². The van der Waals surface area contributed by atoms with Crippen LogP contribution < -0.4 is 10.6 Å². The van der Waals surface area contributed by atoms with Gasteiger partial charge in [-0.05, 0) is 58.2 Å². The van der Waals surface area contributed by atoms with E-state index in [9.17, 15) is 9.18 Å². The zero-order chi connectivity index (χ0) is 15.6. The van der Waals surface area contributed by atoms with Crippen LogP contribution in [0.4, 0.5) is 14.9 Å². The summed E-state index contributed by atoms with van der Waals surface area (Å²) in [6.45, 7) is 7.35. The highest BCUT2D eigenvalue weighted by molar-refractivity contribution is 5.68. The van der Waals surface area contributed by atoms with E-state index in [1.807, 2.05) is 33.8 Å². The Labute approximate surface area is 125 Å². The third-order valence-corrected chi connectivity index (χ3v) is 3.34. The molecule has 2 rings (SSSR count). The van der Waals surface area contributed by atoms with E-state index in [0.717, 1.165) is 18.4 Å². The SMILES string of the molecule is Cc1ccc(NC2CC(NC(=O)OC(C)(C)C)C2)c(F)c1. The zero-order valence-electron chi connectivity index (χ0n) is 13.0. The fraction of sp³-hybridized carbons (Fsp3) is 0.562. The Bertz CT molecular complexity index is 519. The van der Waals surface area contributed by atoms with Crippen LogP contribution in [0.1, 0.15) is 39.2 Å². The molecule has 0 radical (unpaired) electrons. The molecule has 1 aliphatic rings. The number of halogens is 1. The van der Waals surface area contributed by atoms with E-state index in [1.165, 1.54) is 6.07 Å². The Morgan fingerprint density at radius 3 is 2.52 bits per heavy atom. The maximum absolute atomic E-state index is 13.7. The summed E-state index contributed by atoms with van der Waals surface area (Å²) in [7, 11) is 0. The highest BCUT2D eigenvalue weighted by Gasteiger charge is 2.31. The number of carbonyl (C=O) groups is 1. The summed E-state index contributed by atoms with van der Waals surface area (Å²) in [4.78, 5) is 11.6. The number of anilines is 1. The standard InChI is InChI=1S/C16H23FN2O2/c1-10-5-6-14(13(17)7-10)18-11-8-12(9-11)19-15(20)21-16(2,3)4/h5-7,11-12,18H,8-9H2,1-4H3,(H,19,20). The Balaban J connectivity index is 1.75. The number of carbonyl (C=O) groups excluding carboxylic acids is 1. The van der Waals surface area contributed by atoms with Crippen molar-refractivity contribution in [3.05, 3.63) is 29.6 Å². The minimum Gasteiger partial charge on any atom is -0.444 e. The average Bonchev–Trinajstić information content (AvgIpc) is 2.26. The Kier molecular flexibility index (Phi) is 4.40. The molecule has 1 aromatic carbocycles. The van der Waals surface area contributed by atoms with Gasteiger partial charge >= 0.3 is 6.09 Å². The van der Waals surface area contributed by atoms with Crippen molar-refractivity contribution in [1.82, 2.24) is 5.32 Å². The first kappa shape index (κ1) is 15.6. The number of nitrogens with one attached hydrogen (secondary N) is 2. The van der Waals surface area contributed by atoms with Gasteiger partial charge in [0, 0.05) is 12.1 Å². The first-order chi connectivity index (χ1) is 9.73. The minimum absolute atomic E-state index is 0.0888. The summed E-state index contributed by atoms with van der Waals surface area (Å²) in [6, 6.07) is 5.41. The largest absolute Gasteiger partial charge is 0.444 e. The van der Waals surface area contributed by atoms with Crippen molar-refractivity contribution < 1.29 is 13.9 Å². The Morgan fingerprint density at radius 1 is 1.29 bits per heavy atom. The molecule has 1 fully saturated rings. The van der Waals surface area contributed by atoms with Crippen LogP contribution in [0.3, 0.4) is 0 Å². The third kappa shape index (κ3) is 4.62. The quantitative estimate of drug-likeness (QED) is 0.895. The second kappa shape index (κ2) is 5.92. The van der Waals surface area contributed by atoms with Crippen molar-refractivity contribution in [1.29, 1.82) is 0 Å². The molecule has 0 atom stereocenters. The molecule has 5 heteroatoms. The zero-order valence-corrected chi connectivity index (χ0v) is 13.0. The van der Waals surface area contributed by atoms with Crippen LogP contribution in [0.5, 0.6) is 0 Å². The predicted octanol–water partition coefficient (Wildman–Crippen LogP) is 3.60. The van der Waals surface area contributed by atoms with Gasteiger partial charge in [-0.2, -0.15) is 0 Å². The Hall–Kier alpha value is -1.78. The van der Waals surface area contributed by atoms with Gasteiger partial charge in [-0.15, -0.1) is 0 Å². The lowest BCUT2D eigenvalue weighted by Gasteiger charge is -2.37. The summed E-state index contributed by atoms with van der Waals surface area (Å²) < 4.78 is 18.9. The van der Waals surface area contributed by atoms with Gasteiger partial charge in [0.1, 0.15) is 11.4 Å². The van der Waals surface area contributed by atoms with Crippen molar-refractivity contribution in [3.8, 4) is 0 Å². The van der Waals surface area contributed by atoms with E-state index in [2.05, 4.69) is 10.6 Å².